The lowest BCUT2D eigenvalue weighted by Gasteiger charge is -2.29. The van der Waals surface area contributed by atoms with E-state index in [1.807, 2.05) is 25.1 Å². The fourth-order valence-electron chi connectivity index (χ4n) is 3.24. The molecule has 2 unspecified atom stereocenters. The molecule has 0 saturated carbocycles. The Morgan fingerprint density at radius 2 is 1.95 bits per heavy atom. The standard InChI is InChI=1S/C15H19BrN2O.ClH/c1-9-2-5-13(14(16)6-9)15(19)18-12-7-10-3-4-11(8-12)17-10;/h2,5-6,10-12,17H,3-4,7-8H2,1H3,(H,18,19);1H. The molecule has 3 nitrogen and oxygen atoms in total. The largest absolute Gasteiger partial charge is 0.349 e. The molecular weight excluding hydrogens is 340 g/mol. The Labute approximate surface area is 134 Å². The number of carbonyl (C=O) groups is 1. The number of nitrogens with one attached hydrogen (secondary N) is 2. The Bertz CT molecular complexity index is 497. The van der Waals surface area contributed by atoms with Gasteiger partial charge in [-0.05, 0) is 66.2 Å². The average molecular weight is 360 g/mol. The first-order valence-corrected chi connectivity index (χ1v) is 7.74. The predicted octanol–water partition coefficient (Wildman–Crippen LogP) is 3.19. The fraction of sp³-hybridized carbons (Fsp3) is 0.533. The van der Waals surface area contributed by atoms with E-state index in [1.165, 1.54) is 12.8 Å². The van der Waals surface area contributed by atoms with Gasteiger partial charge in [0, 0.05) is 22.6 Å². The van der Waals surface area contributed by atoms with Gasteiger partial charge in [0.05, 0.1) is 5.56 Å². The summed E-state index contributed by atoms with van der Waals surface area (Å²) < 4.78 is 0.877. The van der Waals surface area contributed by atoms with Crippen molar-refractivity contribution in [2.75, 3.05) is 0 Å². The molecule has 1 aromatic carbocycles. The maximum absolute atomic E-state index is 12.3. The summed E-state index contributed by atoms with van der Waals surface area (Å²) in [5, 5.41) is 6.78. The summed E-state index contributed by atoms with van der Waals surface area (Å²) >= 11 is 3.48. The molecule has 2 saturated heterocycles. The number of hydrogen-bond donors (Lipinski definition) is 2. The first-order valence-electron chi connectivity index (χ1n) is 6.95. The normalized spacial score (nSPS) is 27.8. The van der Waals surface area contributed by atoms with Gasteiger partial charge in [-0.3, -0.25) is 4.79 Å². The SMILES string of the molecule is Cc1ccc(C(=O)NC2CC3CCC(C2)N3)c(Br)c1.Cl. The first-order chi connectivity index (χ1) is 9.11. The van der Waals surface area contributed by atoms with E-state index in [4.69, 9.17) is 0 Å². The minimum atomic E-state index is 0. The molecule has 2 atom stereocenters. The number of piperidine rings is 1. The maximum Gasteiger partial charge on any atom is 0.252 e. The van der Waals surface area contributed by atoms with Gasteiger partial charge in [-0.15, -0.1) is 12.4 Å². The topological polar surface area (TPSA) is 41.1 Å². The van der Waals surface area contributed by atoms with Crippen LogP contribution in [0.15, 0.2) is 22.7 Å². The van der Waals surface area contributed by atoms with Crippen molar-refractivity contribution in [1.82, 2.24) is 10.6 Å². The lowest BCUT2D eigenvalue weighted by molar-refractivity contribution is 0.0923. The molecule has 2 aliphatic rings. The van der Waals surface area contributed by atoms with Crippen LogP contribution in [0.3, 0.4) is 0 Å². The molecule has 0 aromatic heterocycles. The van der Waals surface area contributed by atoms with E-state index >= 15 is 0 Å². The number of aryl methyl sites for hydroxylation is 1. The summed E-state index contributed by atoms with van der Waals surface area (Å²) in [5.74, 6) is 0.0400. The number of benzene rings is 1. The third-order valence-corrected chi connectivity index (χ3v) is 4.83. The molecule has 2 aliphatic heterocycles. The maximum atomic E-state index is 12.3. The summed E-state index contributed by atoms with van der Waals surface area (Å²) in [6, 6.07) is 7.38. The summed E-state index contributed by atoms with van der Waals surface area (Å²) in [6.45, 7) is 2.02. The van der Waals surface area contributed by atoms with E-state index in [0.29, 0.717) is 18.1 Å². The third kappa shape index (κ3) is 3.35. The lowest BCUT2D eigenvalue weighted by Crippen LogP contribution is -2.48. The molecule has 110 valence electrons. The molecule has 0 radical (unpaired) electrons. The highest BCUT2D eigenvalue weighted by molar-refractivity contribution is 9.10. The van der Waals surface area contributed by atoms with E-state index in [9.17, 15) is 4.79 Å². The molecule has 2 bridgehead atoms. The van der Waals surface area contributed by atoms with Crippen molar-refractivity contribution in [2.24, 2.45) is 0 Å². The number of fused-ring (bicyclic) bond motifs is 2. The molecule has 1 aromatic rings. The Morgan fingerprint density at radius 3 is 2.55 bits per heavy atom. The molecule has 2 fully saturated rings. The highest BCUT2D eigenvalue weighted by Crippen LogP contribution is 2.27. The van der Waals surface area contributed by atoms with E-state index < -0.39 is 0 Å². The monoisotopic (exact) mass is 358 g/mol. The van der Waals surface area contributed by atoms with Crippen molar-refractivity contribution in [3.63, 3.8) is 0 Å². The number of hydrogen-bond acceptors (Lipinski definition) is 2. The van der Waals surface area contributed by atoms with Crippen LogP contribution < -0.4 is 10.6 Å². The second-order valence-corrected chi connectivity index (χ2v) is 6.62. The van der Waals surface area contributed by atoms with Gasteiger partial charge < -0.3 is 10.6 Å². The molecule has 1 amide bonds. The van der Waals surface area contributed by atoms with Gasteiger partial charge in [0.15, 0.2) is 0 Å². The van der Waals surface area contributed by atoms with Crippen molar-refractivity contribution in [3.05, 3.63) is 33.8 Å². The van der Waals surface area contributed by atoms with Crippen molar-refractivity contribution < 1.29 is 4.79 Å². The van der Waals surface area contributed by atoms with Crippen LogP contribution in [-0.2, 0) is 0 Å². The number of carbonyl (C=O) groups excluding carboxylic acids is 1. The van der Waals surface area contributed by atoms with Gasteiger partial charge in [-0.2, -0.15) is 0 Å². The van der Waals surface area contributed by atoms with Gasteiger partial charge in [0.2, 0.25) is 0 Å². The predicted molar refractivity (Wildman–Crippen MR) is 86.6 cm³/mol. The zero-order valence-corrected chi connectivity index (χ0v) is 13.9. The van der Waals surface area contributed by atoms with Crippen LogP contribution in [0, 0.1) is 6.92 Å². The second kappa shape index (κ2) is 6.46. The molecule has 2 N–H and O–H groups in total. The summed E-state index contributed by atoms with van der Waals surface area (Å²) in [7, 11) is 0. The van der Waals surface area contributed by atoms with Crippen LogP contribution in [0.4, 0.5) is 0 Å². The van der Waals surface area contributed by atoms with E-state index in [-0.39, 0.29) is 18.3 Å². The Morgan fingerprint density at radius 1 is 1.30 bits per heavy atom. The minimum absolute atomic E-state index is 0. The van der Waals surface area contributed by atoms with E-state index in [0.717, 1.165) is 28.4 Å². The van der Waals surface area contributed by atoms with Crippen molar-refractivity contribution in [1.29, 1.82) is 0 Å². The van der Waals surface area contributed by atoms with Crippen LogP contribution in [0.25, 0.3) is 0 Å². The first kappa shape index (κ1) is 15.8. The average Bonchev–Trinajstić information content (AvgIpc) is 2.68. The smallest absolute Gasteiger partial charge is 0.252 e. The summed E-state index contributed by atoms with van der Waals surface area (Å²) in [6.07, 6.45) is 4.63. The van der Waals surface area contributed by atoms with Crippen LogP contribution in [0.5, 0.6) is 0 Å². The second-order valence-electron chi connectivity index (χ2n) is 5.76. The molecule has 5 heteroatoms. The zero-order chi connectivity index (χ0) is 13.4. The molecule has 20 heavy (non-hydrogen) atoms. The van der Waals surface area contributed by atoms with Crippen LogP contribution in [0.2, 0.25) is 0 Å². The van der Waals surface area contributed by atoms with E-state index in [1.54, 1.807) is 0 Å². The number of rotatable bonds is 2. The van der Waals surface area contributed by atoms with Crippen LogP contribution in [0.1, 0.15) is 41.6 Å². The van der Waals surface area contributed by atoms with Gasteiger partial charge in [0.25, 0.3) is 5.91 Å². The van der Waals surface area contributed by atoms with Crippen LogP contribution >= 0.6 is 28.3 Å². The lowest BCUT2D eigenvalue weighted by atomic mass is 9.99. The molecule has 0 aliphatic carbocycles. The van der Waals surface area contributed by atoms with Crippen LogP contribution in [-0.4, -0.2) is 24.0 Å². The number of halogens is 2. The summed E-state index contributed by atoms with van der Waals surface area (Å²) in [5.41, 5.74) is 1.89. The fourth-order valence-corrected chi connectivity index (χ4v) is 3.92. The number of amides is 1. The van der Waals surface area contributed by atoms with Gasteiger partial charge >= 0.3 is 0 Å². The van der Waals surface area contributed by atoms with E-state index in [2.05, 4.69) is 26.6 Å². The highest BCUT2D eigenvalue weighted by Gasteiger charge is 2.34. The Balaban J connectivity index is 0.00000147. The van der Waals surface area contributed by atoms with Gasteiger partial charge in [-0.1, -0.05) is 6.07 Å². The van der Waals surface area contributed by atoms with Crippen molar-refractivity contribution >= 4 is 34.2 Å². The molecule has 0 spiro atoms. The van der Waals surface area contributed by atoms with Crippen molar-refractivity contribution in [3.8, 4) is 0 Å². The van der Waals surface area contributed by atoms with Gasteiger partial charge in [0.1, 0.15) is 0 Å². The molecular formula is C15H20BrClN2O. The van der Waals surface area contributed by atoms with Crippen molar-refractivity contribution in [2.45, 2.75) is 50.7 Å². The summed E-state index contributed by atoms with van der Waals surface area (Å²) in [4.78, 5) is 12.3. The highest BCUT2D eigenvalue weighted by atomic mass is 79.9. The Kier molecular flexibility index (Phi) is 5.10. The molecule has 3 rings (SSSR count). The Hall–Kier alpha value is -0.580. The zero-order valence-electron chi connectivity index (χ0n) is 11.5. The minimum Gasteiger partial charge on any atom is -0.349 e. The van der Waals surface area contributed by atoms with Gasteiger partial charge in [-0.25, -0.2) is 0 Å². The quantitative estimate of drug-likeness (QED) is 0.851. The molecule has 2 heterocycles. The third-order valence-electron chi connectivity index (χ3n) is 4.18.